The Morgan fingerprint density at radius 1 is 1.50 bits per heavy atom. The van der Waals surface area contributed by atoms with Gasteiger partial charge in [0.1, 0.15) is 0 Å². The van der Waals surface area contributed by atoms with Crippen LogP contribution in [-0.2, 0) is 16.0 Å². The maximum Gasteiger partial charge on any atom is 0.227 e. The van der Waals surface area contributed by atoms with Crippen LogP contribution in [0, 0.1) is 0 Å². The molecule has 1 heterocycles. The molecule has 1 amide bonds. The highest BCUT2D eigenvalue weighted by Gasteiger charge is 2.12. The highest BCUT2D eigenvalue weighted by molar-refractivity contribution is 6.30. The molecule has 0 saturated carbocycles. The molecule has 0 spiro atoms. The van der Waals surface area contributed by atoms with E-state index in [1.165, 1.54) is 0 Å². The number of aromatic nitrogens is 2. The van der Waals surface area contributed by atoms with Crippen LogP contribution in [0.4, 0.5) is 0 Å². The highest BCUT2D eigenvalue weighted by atomic mass is 35.5. The molecule has 0 bridgehead atoms. The Morgan fingerprint density at radius 3 is 3.05 bits per heavy atom. The fourth-order valence-electron chi connectivity index (χ4n) is 1.96. The molecule has 0 radical (unpaired) electrons. The van der Waals surface area contributed by atoms with Crippen LogP contribution in [0.2, 0.25) is 5.02 Å². The van der Waals surface area contributed by atoms with E-state index < -0.39 is 0 Å². The first-order valence-electron chi connectivity index (χ1n) is 6.95. The molecule has 118 valence electrons. The van der Waals surface area contributed by atoms with Crippen molar-refractivity contribution in [2.45, 2.75) is 25.8 Å². The van der Waals surface area contributed by atoms with Crippen LogP contribution >= 0.6 is 11.6 Å². The van der Waals surface area contributed by atoms with Gasteiger partial charge in [0.2, 0.25) is 17.6 Å². The zero-order valence-electron chi connectivity index (χ0n) is 12.5. The van der Waals surface area contributed by atoms with E-state index in [1.54, 1.807) is 19.2 Å². The van der Waals surface area contributed by atoms with E-state index >= 15 is 0 Å². The number of nitrogens with one attached hydrogen (secondary N) is 1. The number of benzene rings is 1. The summed E-state index contributed by atoms with van der Waals surface area (Å²) in [7, 11) is 1.60. The van der Waals surface area contributed by atoms with Crippen LogP contribution in [0.1, 0.15) is 19.2 Å². The van der Waals surface area contributed by atoms with Crippen LogP contribution in [0.3, 0.4) is 0 Å². The second-order valence-corrected chi connectivity index (χ2v) is 5.38. The lowest BCUT2D eigenvalue weighted by Crippen LogP contribution is -2.35. The van der Waals surface area contributed by atoms with E-state index in [0.717, 1.165) is 5.56 Å². The number of ether oxygens (including phenoxy) is 1. The molecule has 0 aliphatic carbocycles. The van der Waals surface area contributed by atoms with Crippen molar-refractivity contribution >= 4 is 17.5 Å². The Labute approximate surface area is 133 Å². The summed E-state index contributed by atoms with van der Waals surface area (Å²) in [6.45, 7) is 2.36. The van der Waals surface area contributed by atoms with Crippen LogP contribution in [0.25, 0.3) is 11.4 Å². The summed E-state index contributed by atoms with van der Waals surface area (Å²) in [6.07, 6.45) is 0.671. The standard InChI is InChI=1S/C15H18ClN3O3/c1-10(9-21-2)17-13(20)6-7-14-18-15(19-22-14)11-4-3-5-12(16)8-11/h3-5,8,10H,6-7,9H2,1-2H3,(H,17,20)/t10-/m0/s1. The Bertz CT molecular complexity index is 630. The molecule has 1 N–H and O–H groups in total. The van der Waals surface area contributed by atoms with Gasteiger partial charge in [-0.25, -0.2) is 0 Å². The van der Waals surface area contributed by atoms with Crippen molar-refractivity contribution in [2.24, 2.45) is 0 Å². The molecule has 2 aromatic rings. The summed E-state index contributed by atoms with van der Waals surface area (Å²) >= 11 is 5.93. The molecule has 0 aliphatic rings. The van der Waals surface area contributed by atoms with E-state index in [0.29, 0.717) is 29.8 Å². The van der Waals surface area contributed by atoms with E-state index in [-0.39, 0.29) is 18.4 Å². The topological polar surface area (TPSA) is 77.2 Å². The summed E-state index contributed by atoms with van der Waals surface area (Å²) in [4.78, 5) is 16.0. The maximum absolute atomic E-state index is 11.7. The summed E-state index contributed by atoms with van der Waals surface area (Å²) in [5, 5.41) is 7.33. The fraction of sp³-hybridized carbons (Fsp3) is 0.400. The molecule has 22 heavy (non-hydrogen) atoms. The second kappa shape index (κ2) is 7.91. The number of methoxy groups -OCH3 is 1. The number of rotatable bonds is 7. The number of hydrogen-bond acceptors (Lipinski definition) is 5. The van der Waals surface area contributed by atoms with Crippen molar-refractivity contribution in [2.75, 3.05) is 13.7 Å². The van der Waals surface area contributed by atoms with Crippen LogP contribution < -0.4 is 5.32 Å². The van der Waals surface area contributed by atoms with Gasteiger partial charge in [-0.3, -0.25) is 4.79 Å². The number of hydrogen-bond donors (Lipinski definition) is 1. The summed E-state index contributed by atoms with van der Waals surface area (Å²) in [5.74, 6) is 0.808. The van der Waals surface area contributed by atoms with Crippen molar-refractivity contribution in [1.82, 2.24) is 15.5 Å². The second-order valence-electron chi connectivity index (χ2n) is 4.95. The molecule has 1 atom stereocenters. The van der Waals surface area contributed by atoms with Gasteiger partial charge in [-0.05, 0) is 19.1 Å². The quantitative estimate of drug-likeness (QED) is 0.847. The molecule has 0 saturated heterocycles. The largest absolute Gasteiger partial charge is 0.383 e. The number of amides is 1. The van der Waals surface area contributed by atoms with Gasteiger partial charge in [0.25, 0.3) is 0 Å². The van der Waals surface area contributed by atoms with Gasteiger partial charge in [0, 0.05) is 36.6 Å². The molecular weight excluding hydrogens is 306 g/mol. The van der Waals surface area contributed by atoms with Gasteiger partial charge in [-0.2, -0.15) is 4.98 Å². The first kappa shape index (κ1) is 16.5. The summed E-state index contributed by atoms with van der Waals surface area (Å²) in [6, 6.07) is 7.17. The Morgan fingerprint density at radius 2 is 2.32 bits per heavy atom. The minimum absolute atomic E-state index is 0.0257. The molecule has 0 fully saturated rings. The van der Waals surface area contributed by atoms with Crippen molar-refractivity contribution in [3.8, 4) is 11.4 Å². The van der Waals surface area contributed by atoms with Gasteiger partial charge < -0.3 is 14.6 Å². The SMILES string of the molecule is COC[C@H](C)NC(=O)CCc1nc(-c2cccc(Cl)c2)no1. The lowest BCUT2D eigenvalue weighted by molar-refractivity contribution is -0.122. The predicted octanol–water partition coefficient (Wildman–Crippen LogP) is 2.47. The number of halogens is 1. The minimum Gasteiger partial charge on any atom is -0.383 e. The van der Waals surface area contributed by atoms with E-state index in [4.69, 9.17) is 20.9 Å². The Balaban J connectivity index is 1.88. The molecule has 6 nitrogen and oxygen atoms in total. The first-order valence-corrected chi connectivity index (χ1v) is 7.33. The summed E-state index contributed by atoms with van der Waals surface area (Å²) < 4.78 is 10.1. The zero-order valence-corrected chi connectivity index (χ0v) is 13.3. The van der Waals surface area contributed by atoms with E-state index in [1.807, 2.05) is 19.1 Å². The first-order chi connectivity index (χ1) is 10.6. The van der Waals surface area contributed by atoms with Crippen molar-refractivity contribution in [3.63, 3.8) is 0 Å². The lowest BCUT2D eigenvalue weighted by atomic mass is 10.2. The van der Waals surface area contributed by atoms with Crippen LogP contribution in [0.5, 0.6) is 0 Å². The Hall–Kier alpha value is -1.92. The van der Waals surface area contributed by atoms with Gasteiger partial charge >= 0.3 is 0 Å². The molecule has 1 aromatic carbocycles. The van der Waals surface area contributed by atoms with Gasteiger partial charge in [0.05, 0.1) is 6.61 Å². The number of aryl methyl sites for hydroxylation is 1. The number of carbonyl (C=O) groups is 1. The smallest absolute Gasteiger partial charge is 0.227 e. The van der Waals surface area contributed by atoms with E-state index in [9.17, 15) is 4.79 Å². The maximum atomic E-state index is 11.7. The summed E-state index contributed by atoms with van der Waals surface area (Å²) in [5.41, 5.74) is 0.778. The third-order valence-corrected chi connectivity index (χ3v) is 3.18. The average molecular weight is 324 g/mol. The minimum atomic E-state index is -0.0768. The molecule has 7 heteroatoms. The number of nitrogens with zero attached hydrogens (tertiary/aromatic N) is 2. The third-order valence-electron chi connectivity index (χ3n) is 2.94. The molecule has 1 aromatic heterocycles. The van der Waals surface area contributed by atoms with Crippen LogP contribution in [0.15, 0.2) is 28.8 Å². The van der Waals surface area contributed by atoms with Crippen LogP contribution in [-0.4, -0.2) is 35.8 Å². The highest BCUT2D eigenvalue weighted by Crippen LogP contribution is 2.20. The van der Waals surface area contributed by atoms with Crippen molar-refractivity contribution < 1.29 is 14.1 Å². The van der Waals surface area contributed by atoms with Crippen molar-refractivity contribution in [3.05, 3.63) is 35.2 Å². The third kappa shape index (κ3) is 4.82. The van der Waals surface area contributed by atoms with Gasteiger partial charge in [-0.1, -0.05) is 28.9 Å². The van der Waals surface area contributed by atoms with Gasteiger partial charge in [-0.15, -0.1) is 0 Å². The molecule has 0 aliphatic heterocycles. The van der Waals surface area contributed by atoms with Crippen molar-refractivity contribution in [1.29, 1.82) is 0 Å². The average Bonchev–Trinajstić information content (AvgIpc) is 2.94. The molecule has 0 unspecified atom stereocenters. The Kier molecular flexibility index (Phi) is 5.91. The van der Waals surface area contributed by atoms with Gasteiger partial charge in [0.15, 0.2) is 0 Å². The predicted molar refractivity (Wildman–Crippen MR) is 82.5 cm³/mol. The molecule has 2 rings (SSSR count). The lowest BCUT2D eigenvalue weighted by Gasteiger charge is -2.11. The fourth-order valence-corrected chi connectivity index (χ4v) is 2.15. The van der Waals surface area contributed by atoms with E-state index in [2.05, 4.69) is 15.5 Å². The normalized spacial score (nSPS) is 12.1. The number of carbonyl (C=O) groups excluding carboxylic acids is 1. The monoisotopic (exact) mass is 323 g/mol. The zero-order chi connectivity index (χ0) is 15.9. The molecular formula is C15H18ClN3O3.